The summed E-state index contributed by atoms with van der Waals surface area (Å²) in [5, 5.41) is 8.95. The first-order chi connectivity index (χ1) is 9.70. The van der Waals surface area contributed by atoms with Gasteiger partial charge in [-0.25, -0.2) is 9.97 Å². The fourth-order valence-corrected chi connectivity index (χ4v) is 2.44. The highest BCUT2D eigenvalue weighted by Crippen LogP contribution is 2.16. The number of amides is 1. The summed E-state index contributed by atoms with van der Waals surface area (Å²) in [5.41, 5.74) is 0.426. The lowest BCUT2D eigenvalue weighted by Gasteiger charge is -2.10. The summed E-state index contributed by atoms with van der Waals surface area (Å²) in [5.74, 6) is 0.761. The molecular weight excluding hydrogens is 272 g/mol. The van der Waals surface area contributed by atoms with Crippen LogP contribution in [0, 0.1) is 0 Å². The van der Waals surface area contributed by atoms with E-state index in [4.69, 9.17) is 0 Å². The van der Waals surface area contributed by atoms with E-state index in [0.717, 1.165) is 11.6 Å². The molecule has 106 valence electrons. The largest absolute Gasteiger partial charge is 0.370 e. The van der Waals surface area contributed by atoms with Crippen molar-refractivity contribution in [3.8, 4) is 0 Å². The van der Waals surface area contributed by atoms with Crippen molar-refractivity contribution in [3.63, 3.8) is 0 Å². The summed E-state index contributed by atoms with van der Waals surface area (Å²) in [6.07, 6.45) is 1.78. The molecule has 0 spiro atoms. The van der Waals surface area contributed by atoms with Crippen LogP contribution in [-0.4, -0.2) is 29.0 Å². The van der Waals surface area contributed by atoms with Crippen molar-refractivity contribution >= 4 is 23.1 Å². The molecule has 1 amide bonds. The maximum absolute atomic E-state index is 12.1. The van der Waals surface area contributed by atoms with Crippen LogP contribution in [-0.2, 0) is 0 Å². The first kappa shape index (κ1) is 14.5. The maximum atomic E-state index is 12.1. The van der Waals surface area contributed by atoms with Gasteiger partial charge in [-0.3, -0.25) is 4.79 Å². The summed E-state index contributed by atoms with van der Waals surface area (Å²) in [6, 6.07) is 5.38. The van der Waals surface area contributed by atoms with Crippen LogP contribution in [0.25, 0.3) is 0 Å². The number of carbonyl (C=O) groups excluding carboxylic acids is 1. The Hall–Kier alpha value is -1.95. The Morgan fingerprint density at radius 3 is 3.00 bits per heavy atom. The van der Waals surface area contributed by atoms with E-state index >= 15 is 0 Å². The zero-order chi connectivity index (χ0) is 14.4. The zero-order valence-corrected chi connectivity index (χ0v) is 12.4. The lowest BCUT2D eigenvalue weighted by atomic mass is 10.2. The highest BCUT2D eigenvalue weighted by molar-refractivity contribution is 7.09. The van der Waals surface area contributed by atoms with Crippen LogP contribution >= 0.6 is 11.3 Å². The van der Waals surface area contributed by atoms with Crippen LogP contribution in [0.15, 0.2) is 29.8 Å². The van der Waals surface area contributed by atoms with Crippen LogP contribution in [0.4, 0.5) is 5.82 Å². The van der Waals surface area contributed by atoms with Crippen LogP contribution in [0.1, 0.15) is 35.3 Å². The maximum Gasteiger partial charge on any atom is 0.269 e. The fourth-order valence-electron chi connectivity index (χ4n) is 1.74. The summed E-state index contributed by atoms with van der Waals surface area (Å²) in [6.45, 7) is 5.37. The summed E-state index contributed by atoms with van der Waals surface area (Å²) in [4.78, 5) is 20.6. The Bertz CT molecular complexity index is 556. The molecule has 0 aliphatic heterocycles. The third-order valence-corrected chi connectivity index (χ3v) is 3.79. The number of anilines is 1. The van der Waals surface area contributed by atoms with E-state index in [1.54, 1.807) is 23.6 Å². The number of nitrogens with one attached hydrogen (secondary N) is 2. The number of nitrogens with zero attached hydrogens (tertiary/aromatic N) is 2. The number of pyridine rings is 1. The average molecular weight is 290 g/mol. The third-order valence-electron chi connectivity index (χ3n) is 2.78. The van der Waals surface area contributed by atoms with Crippen molar-refractivity contribution in [1.29, 1.82) is 0 Å². The third kappa shape index (κ3) is 3.77. The van der Waals surface area contributed by atoms with Crippen molar-refractivity contribution in [1.82, 2.24) is 15.3 Å². The Kier molecular flexibility index (Phi) is 5.06. The van der Waals surface area contributed by atoms with Gasteiger partial charge in [-0.1, -0.05) is 13.0 Å². The van der Waals surface area contributed by atoms with Crippen molar-refractivity contribution in [3.05, 3.63) is 40.5 Å². The number of hydrogen-bond donors (Lipinski definition) is 2. The second kappa shape index (κ2) is 7.00. The van der Waals surface area contributed by atoms with Gasteiger partial charge in [-0.05, 0) is 19.1 Å². The molecule has 0 aromatic carbocycles. The van der Waals surface area contributed by atoms with Gasteiger partial charge in [0.1, 0.15) is 11.5 Å². The van der Waals surface area contributed by atoms with E-state index in [2.05, 4.69) is 20.6 Å². The van der Waals surface area contributed by atoms with E-state index in [0.29, 0.717) is 18.1 Å². The number of thiazole rings is 1. The first-order valence-corrected chi connectivity index (χ1v) is 7.47. The van der Waals surface area contributed by atoms with Gasteiger partial charge in [-0.2, -0.15) is 0 Å². The molecule has 0 saturated heterocycles. The van der Waals surface area contributed by atoms with Gasteiger partial charge < -0.3 is 10.6 Å². The van der Waals surface area contributed by atoms with Crippen LogP contribution in [0.2, 0.25) is 0 Å². The summed E-state index contributed by atoms with van der Waals surface area (Å²) in [7, 11) is 0. The van der Waals surface area contributed by atoms with Gasteiger partial charge in [0.2, 0.25) is 0 Å². The first-order valence-electron chi connectivity index (χ1n) is 6.59. The quantitative estimate of drug-likeness (QED) is 0.858. The molecule has 5 nitrogen and oxygen atoms in total. The number of rotatable bonds is 6. The van der Waals surface area contributed by atoms with Crippen LogP contribution in [0.5, 0.6) is 0 Å². The molecule has 2 aromatic heterocycles. The van der Waals surface area contributed by atoms with E-state index < -0.39 is 0 Å². The van der Waals surface area contributed by atoms with Crippen molar-refractivity contribution in [2.24, 2.45) is 0 Å². The standard InChI is InChI=1S/C14H18N4OS/c1-3-15-12-6-4-5-11(18-12)13(19)17-9-10(2)14-16-7-8-20-14/h4-8,10H,3,9H2,1-2H3,(H,15,18)(H,17,19). The van der Waals surface area contributed by atoms with Gasteiger partial charge in [0.25, 0.3) is 5.91 Å². The monoisotopic (exact) mass is 290 g/mol. The van der Waals surface area contributed by atoms with E-state index in [9.17, 15) is 4.79 Å². The van der Waals surface area contributed by atoms with Crippen LogP contribution < -0.4 is 10.6 Å². The second-order valence-corrected chi connectivity index (χ2v) is 5.35. The molecule has 2 rings (SSSR count). The highest BCUT2D eigenvalue weighted by atomic mass is 32.1. The van der Waals surface area contributed by atoms with Gasteiger partial charge >= 0.3 is 0 Å². The number of aromatic nitrogens is 2. The number of hydrogen-bond acceptors (Lipinski definition) is 5. The lowest BCUT2D eigenvalue weighted by Crippen LogP contribution is -2.28. The zero-order valence-electron chi connectivity index (χ0n) is 11.6. The smallest absolute Gasteiger partial charge is 0.269 e. The normalized spacial score (nSPS) is 11.9. The second-order valence-electron chi connectivity index (χ2n) is 4.42. The topological polar surface area (TPSA) is 66.9 Å². The summed E-state index contributed by atoms with van der Waals surface area (Å²) >= 11 is 1.60. The predicted octanol–water partition coefficient (Wildman–Crippen LogP) is 2.50. The SMILES string of the molecule is CCNc1cccc(C(=O)NCC(C)c2nccs2)n1. The minimum absolute atomic E-state index is 0.159. The molecule has 0 radical (unpaired) electrons. The van der Waals surface area contributed by atoms with E-state index in [1.807, 2.05) is 31.4 Å². The molecule has 0 aliphatic carbocycles. The lowest BCUT2D eigenvalue weighted by molar-refractivity contribution is 0.0947. The molecule has 0 bridgehead atoms. The molecule has 6 heteroatoms. The Morgan fingerprint density at radius 1 is 1.45 bits per heavy atom. The molecule has 1 unspecified atom stereocenters. The van der Waals surface area contributed by atoms with Crippen molar-refractivity contribution < 1.29 is 4.79 Å². The Labute approximate surface area is 122 Å². The average Bonchev–Trinajstić information content (AvgIpc) is 2.99. The summed E-state index contributed by atoms with van der Waals surface area (Å²) < 4.78 is 0. The fraction of sp³-hybridized carbons (Fsp3) is 0.357. The van der Waals surface area contributed by atoms with E-state index in [-0.39, 0.29) is 11.8 Å². The molecule has 2 aromatic rings. The predicted molar refractivity (Wildman–Crippen MR) is 81.3 cm³/mol. The van der Waals surface area contributed by atoms with Crippen LogP contribution in [0.3, 0.4) is 0 Å². The Balaban J connectivity index is 1.93. The molecule has 1 atom stereocenters. The minimum Gasteiger partial charge on any atom is -0.370 e. The van der Waals surface area contributed by atoms with Gasteiger partial charge in [0, 0.05) is 30.6 Å². The molecule has 0 aliphatic rings. The van der Waals surface area contributed by atoms with Gasteiger partial charge in [0.15, 0.2) is 0 Å². The highest BCUT2D eigenvalue weighted by Gasteiger charge is 2.12. The van der Waals surface area contributed by atoms with Crippen molar-refractivity contribution in [2.75, 3.05) is 18.4 Å². The Morgan fingerprint density at radius 2 is 2.30 bits per heavy atom. The van der Waals surface area contributed by atoms with Gasteiger partial charge in [0.05, 0.1) is 5.01 Å². The van der Waals surface area contributed by atoms with Gasteiger partial charge in [-0.15, -0.1) is 11.3 Å². The molecule has 2 heterocycles. The molecule has 20 heavy (non-hydrogen) atoms. The van der Waals surface area contributed by atoms with Crippen molar-refractivity contribution in [2.45, 2.75) is 19.8 Å². The molecule has 0 fully saturated rings. The minimum atomic E-state index is -0.159. The molecule has 2 N–H and O–H groups in total. The molecule has 0 saturated carbocycles. The molecular formula is C14H18N4OS. The number of carbonyl (C=O) groups is 1. The van der Waals surface area contributed by atoms with E-state index in [1.165, 1.54) is 0 Å².